The van der Waals surface area contributed by atoms with Crippen LogP contribution in [-0.2, 0) is 4.74 Å². The first-order valence-electron chi connectivity index (χ1n) is 4.40. The Morgan fingerprint density at radius 2 is 2.18 bits per heavy atom. The number of fused-ring (bicyclic) bond motifs is 1. The van der Waals surface area contributed by atoms with E-state index < -0.39 is 0 Å². The van der Waals surface area contributed by atoms with Gasteiger partial charge in [-0.1, -0.05) is 19.4 Å². The lowest BCUT2D eigenvalue weighted by atomic mass is 9.77. The minimum atomic E-state index is 0.619. The molecule has 2 aliphatic rings. The second kappa shape index (κ2) is 2.72. The molecule has 1 fully saturated rings. The van der Waals surface area contributed by atoms with Gasteiger partial charge < -0.3 is 4.74 Å². The van der Waals surface area contributed by atoms with Crippen LogP contribution in [0.1, 0.15) is 25.7 Å². The van der Waals surface area contributed by atoms with Gasteiger partial charge in [0.2, 0.25) is 0 Å². The minimum Gasteiger partial charge on any atom is -0.470 e. The topological polar surface area (TPSA) is 9.23 Å². The summed E-state index contributed by atoms with van der Waals surface area (Å²) in [5.41, 5.74) is 0. The lowest BCUT2D eigenvalue weighted by Gasteiger charge is -2.32. The van der Waals surface area contributed by atoms with Crippen LogP contribution in [0, 0.1) is 11.8 Å². The van der Waals surface area contributed by atoms with Gasteiger partial charge in [0.15, 0.2) is 0 Å². The average molecular weight is 150 g/mol. The second-order valence-electron chi connectivity index (χ2n) is 3.47. The van der Waals surface area contributed by atoms with Gasteiger partial charge in [-0.05, 0) is 24.8 Å². The molecule has 0 amide bonds. The van der Waals surface area contributed by atoms with Crippen LogP contribution in [0.2, 0.25) is 0 Å². The van der Waals surface area contributed by atoms with Crippen molar-refractivity contribution in [2.45, 2.75) is 25.7 Å². The summed E-state index contributed by atoms with van der Waals surface area (Å²) in [5, 5.41) is 0. The molecule has 1 aliphatic heterocycles. The predicted molar refractivity (Wildman–Crippen MR) is 44.8 cm³/mol. The Morgan fingerprint density at radius 1 is 1.36 bits per heavy atom. The van der Waals surface area contributed by atoms with Crippen molar-refractivity contribution in [1.29, 1.82) is 0 Å². The Labute approximate surface area is 67.7 Å². The van der Waals surface area contributed by atoms with Crippen LogP contribution in [0.3, 0.4) is 0 Å². The van der Waals surface area contributed by atoms with E-state index in [1.54, 1.807) is 6.26 Å². The molecule has 2 rings (SSSR count). The third kappa shape index (κ3) is 1.20. The summed E-state index contributed by atoms with van der Waals surface area (Å²) in [7, 11) is 0. The molecule has 0 aromatic heterocycles. The first-order chi connectivity index (χ1) is 5.38. The van der Waals surface area contributed by atoms with Gasteiger partial charge in [-0.15, -0.1) is 0 Å². The molecule has 2 unspecified atom stereocenters. The second-order valence-corrected chi connectivity index (χ2v) is 3.47. The van der Waals surface area contributed by atoms with E-state index in [0.717, 1.165) is 11.7 Å². The smallest absolute Gasteiger partial charge is 0.0996 e. The Balaban J connectivity index is 2.15. The molecule has 0 spiro atoms. The number of ether oxygens (including phenoxy) is 1. The highest BCUT2D eigenvalue weighted by Crippen LogP contribution is 2.38. The normalized spacial score (nSPS) is 36.2. The van der Waals surface area contributed by atoms with Crippen molar-refractivity contribution in [2.24, 2.45) is 11.8 Å². The summed E-state index contributed by atoms with van der Waals surface area (Å²) in [6.45, 7) is 3.93. The number of rotatable bonds is 0. The van der Waals surface area contributed by atoms with Crippen LogP contribution in [-0.4, -0.2) is 0 Å². The van der Waals surface area contributed by atoms with Gasteiger partial charge in [-0.3, -0.25) is 0 Å². The Bertz CT molecular complexity index is 193. The Morgan fingerprint density at radius 3 is 3.00 bits per heavy atom. The first kappa shape index (κ1) is 6.96. The molecule has 1 aliphatic carbocycles. The van der Waals surface area contributed by atoms with E-state index in [-0.39, 0.29) is 0 Å². The molecule has 0 saturated heterocycles. The van der Waals surface area contributed by atoms with Gasteiger partial charge >= 0.3 is 0 Å². The van der Waals surface area contributed by atoms with E-state index >= 15 is 0 Å². The molecule has 2 atom stereocenters. The van der Waals surface area contributed by atoms with Gasteiger partial charge in [0.05, 0.1) is 12.0 Å². The third-order valence-electron chi connectivity index (χ3n) is 2.78. The van der Waals surface area contributed by atoms with Crippen molar-refractivity contribution >= 4 is 0 Å². The van der Waals surface area contributed by atoms with Crippen LogP contribution in [0.25, 0.3) is 0 Å². The standard InChI is InChI=1S/C10H14O/c1-8-10-5-3-2-4-9(10)6-7-11-8/h6-7,9-10H,1-5H2. The van der Waals surface area contributed by atoms with E-state index in [4.69, 9.17) is 4.74 Å². The summed E-state index contributed by atoms with van der Waals surface area (Å²) >= 11 is 0. The summed E-state index contributed by atoms with van der Waals surface area (Å²) in [5.74, 6) is 2.33. The highest BCUT2D eigenvalue weighted by atomic mass is 16.5. The van der Waals surface area contributed by atoms with E-state index in [1.165, 1.54) is 25.7 Å². The van der Waals surface area contributed by atoms with Gasteiger partial charge in [-0.2, -0.15) is 0 Å². The van der Waals surface area contributed by atoms with Gasteiger partial charge in [0, 0.05) is 5.92 Å². The summed E-state index contributed by atoms with van der Waals surface area (Å²) in [6, 6.07) is 0. The van der Waals surface area contributed by atoms with E-state index in [1.807, 2.05) is 0 Å². The van der Waals surface area contributed by atoms with E-state index in [0.29, 0.717) is 5.92 Å². The molecule has 60 valence electrons. The number of allylic oxidation sites excluding steroid dienone is 2. The SMILES string of the molecule is C=C1OC=CC2CCCCC12. The average Bonchev–Trinajstić information content (AvgIpc) is 2.06. The maximum Gasteiger partial charge on any atom is 0.0996 e. The number of hydrogen-bond acceptors (Lipinski definition) is 1. The molecule has 0 aromatic rings. The quantitative estimate of drug-likeness (QED) is 0.516. The maximum absolute atomic E-state index is 5.27. The zero-order valence-corrected chi connectivity index (χ0v) is 6.75. The van der Waals surface area contributed by atoms with Crippen LogP contribution in [0.4, 0.5) is 0 Å². The van der Waals surface area contributed by atoms with E-state index in [9.17, 15) is 0 Å². The zero-order chi connectivity index (χ0) is 7.68. The Hall–Kier alpha value is -0.720. The fourth-order valence-corrected chi connectivity index (χ4v) is 2.10. The van der Waals surface area contributed by atoms with Crippen molar-refractivity contribution in [3.8, 4) is 0 Å². The van der Waals surface area contributed by atoms with Crippen molar-refractivity contribution in [3.63, 3.8) is 0 Å². The van der Waals surface area contributed by atoms with Crippen LogP contribution in [0.5, 0.6) is 0 Å². The molecule has 1 heterocycles. The van der Waals surface area contributed by atoms with Crippen molar-refractivity contribution in [2.75, 3.05) is 0 Å². The molecule has 0 N–H and O–H groups in total. The van der Waals surface area contributed by atoms with Crippen molar-refractivity contribution < 1.29 is 4.74 Å². The zero-order valence-electron chi connectivity index (χ0n) is 6.75. The molecule has 11 heavy (non-hydrogen) atoms. The Kier molecular flexibility index (Phi) is 1.72. The van der Waals surface area contributed by atoms with E-state index in [2.05, 4.69) is 12.7 Å². The summed E-state index contributed by atoms with van der Waals surface area (Å²) in [6.07, 6.45) is 9.31. The molecular weight excluding hydrogens is 136 g/mol. The fourth-order valence-electron chi connectivity index (χ4n) is 2.10. The molecule has 0 radical (unpaired) electrons. The van der Waals surface area contributed by atoms with Crippen molar-refractivity contribution in [1.82, 2.24) is 0 Å². The van der Waals surface area contributed by atoms with Gasteiger partial charge in [0.1, 0.15) is 0 Å². The van der Waals surface area contributed by atoms with Crippen LogP contribution >= 0.6 is 0 Å². The lowest BCUT2D eigenvalue weighted by Crippen LogP contribution is -2.22. The monoisotopic (exact) mass is 150 g/mol. The maximum atomic E-state index is 5.27. The highest BCUT2D eigenvalue weighted by Gasteiger charge is 2.28. The van der Waals surface area contributed by atoms with Crippen LogP contribution < -0.4 is 0 Å². The summed E-state index contributed by atoms with van der Waals surface area (Å²) in [4.78, 5) is 0. The van der Waals surface area contributed by atoms with Gasteiger partial charge in [0.25, 0.3) is 0 Å². The molecule has 1 nitrogen and oxygen atoms in total. The summed E-state index contributed by atoms with van der Waals surface area (Å²) < 4.78 is 5.27. The fraction of sp³-hybridized carbons (Fsp3) is 0.600. The molecule has 1 heteroatoms. The van der Waals surface area contributed by atoms with Gasteiger partial charge in [-0.25, -0.2) is 0 Å². The molecular formula is C10H14O. The number of hydrogen-bond donors (Lipinski definition) is 0. The molecule has 0 aromatic carbocycles. The minimum absolute atomic E-state index is 0.619. The lowest BCUT2D eigenvalue weighted by molar-refractivity contribution is 0.189. The highest BCUT2D eigenvalue weighted by molar-refractivity contribution is 5.07. The van der Waals surface area contributed by atoms with Crippen LogP contribution in [0.15, 0.2) is 24.7 Å². The molecule has 0 bridgehead atoms. The third-order valence-corrected chi connectivity index (χ3v) is 2.78. The predicted octanol–water partition coefficient (Wildman–Crippen LogP) is 2.85. The van der Waals surface area contributed by atoms with Crippen molar-refractivity contribution in [3.05, 3.63) is 24.7 Å². The first-order valence-corrected chi connectivity index (χ1v) is 4.40. The molecule has 1 saturated carbocycles. The largest absolute Gasteiger partial charge is 0.470 e.